The third-order valence-corrected chi connectivity index (χ3v) is 5.50. The van der Waals surface area contributed by atoms with Gasteiger partial charge in [0.1, 0.15) is 0 Å². The second-order valence-electron chi connectivity index (χ2n) is 7.31. The van der Waals surface area contributed by atoms with E-state index in [1.54, 1.807) is 0 Å². The fourth-order valence-electron chi connectivity index (χ4n) is 3.72. The molecule has 0 nitrogen and oxygen atoms in total. The van der Waals surface area contributed by atoms with Gasteiger partial charge in [-0.25, -0.2) is 0 Å². The minimum Gasteiger partial charge on any atom is -0.0619 e. The fraction of sp³-hybridized carbons (Fsp3) is 0.154. The first-order valence-electron chi connectivity index (χ1n) is 9.21. The van der Waals surface area contributed by atoms with E-state index in [1.165, 1.54) is 57.8 Å². The van der Waals surface area contributed by atoms with Gasteiger partial charge in [-0.05, 0) is 71.6 Å². The zero-order chi connectivity index (χ0) is 18.3. The molecule has 0 aliphatic heterocycles. The molecule has 28 heavy (non-hydrogen) atoms. The molecule has 2 aromatic carbocycles. The van der Waals surface area contributed by atoms with Gasteiger partial charge in [-0.2, -0.15) is 0 Å². The predicted octanol–water partition coefficient (Wildman–Crippen LogP) is 0.429. The van der Waals surface area contributed by atoms with Gasteiger partial charge < -0.3 is 0 Å². The van der Waals surface area contributed by atoms with Crippen molar-refractivity contribution in [2.75, 3.05) is 0 Å². The Hall–Kier alpha value is 1.71. The van der Waals surface area contributed by atoms with Gasteiger partial charge in [-0.3, -0.25) is 0 Å². The molecular weight excluding hydrogens is 390 g/mol. The molecule has 2 aliphatic carbocycles. The quantitative estimate of drug-likeness (QED) is 0.639. The summed E-state index contributed by atoms with van der Waals surface area (Å²) in [5.41, 5.74) is 5.20. The van der Waals surface area contributed by atoms with Crippen LogP contribution >= 0.6 is 0 Å². The minimum atomic E-state index is 0. The van der Waals surface area contributed by atoms with E-state index in [0.717, 1.165) is 0 Å². The number of hydrogen-bond acceptors (Lipinski definition) is 0. The van der Waals surface area contributed by atoms with Crippen molar-refractivity contribution in [3.05, 3.63) is 121 Å². The van der Waals surface area contributed by atoms with Crippen molar-refractivity contribution < 1.29 is 103 Å². The molecule has 4 rings (SSSR count). The third-order valence-electron chi connectivity index (χ3n) is 5.50. The second kappa shape index (κ2) is 11.5. The second-order valence-corrected chi connectivity index (χ2v) is 7.31. The molecule has 2 aromatic rings. The van der Waals surface area contributed by atoms with Gasteiger partial charge >= 0.3 is 103 Å². The van der Waals surface area contributed by atoms with E-state index in [4.69, 9.17) is 0 Å². The Kier molecular flexibility index (Phi) is 10.7. The molecular formula is C26H24K2+2. The smallest absolute Gasteiger partial charge is 0.0619 e. The van der Waals surface area contributed by atoms with Crippen LogP contribution in [-0.4, -0.2) is 0 Å². The third kappa shape index (κ3) is 5.55. The van der Waals surface area contributed by atoms with Gasteiger partial charge in [-0.15, -0.1) is 0 Å². The summed E-state index contributed by atoms with van der Waals surface area (Å²) < 4.78 is 0. The van der Waals surface area contributed by atoms with Gasteiger partial charge in [0.15, 0.2) is 0 Å². The van der Waals surface area contributed by atoms with Crippen molar-refractivity contribution in [3.8, 4) is 11.1 Å². The summed E-state index contributed by atoms with van der Waals surface area (Å²) in [5.74, 6) is 8.02. The molecule has 0 unspecified atom stereocenters. The molecule has 0 spiro atoms. The van der Waals surface area contributed by atoms with Gasteiger partial charge in [0, 0.05) is 11.8 Å². The molecule has 2 fully saturated rings. The van der Waals surface area contributed by atoms with E-state index >= 15 is 0 Å². The van der Waals surface area contributed by atoms with Crippen molar-refractivity contribution in [1.82, 2.24) is 0 Å². The fourth-order valence-corrected chi connectivity index (χ4v) is 3.72. The Morgan fingerprint density at radius 2 is 0.643 bits per heavy atom. The molecule has 0 atom stereocenters. The zero-order valence-electron chi connectivity index (χ0n) is 17.9. The molecule has 0 heterocycles. The van der Waals surface area contributed by atoms with Crippen molar-refractivity contribution >= 4 is 0 Å². The van der Waals surface area contributed by atoms with Crippen LogP contribution in [0.25, 0.3) is 11.1 Å². The molecule has 0 aromatic heterocycles. The first-order valence-corrected chi connectivity index (χ1v) is 9.21. The Bertz CT molecular complexity index is 683. The van der Waals surface area contributed by atoms with Crippen LogP contribution < -0.4 is 103 Å². The number of rotatable bonds is 3. The van der Waals surface area contributed by atoms with Gasteiger partial charge in [0.2, 0.25) is 0 Å². The molecule has 10 radical (unpaired) electrons. The summed E-state index contributed by atoms with van der Waals surface area (Å²) in [5, 5.41) is 0. The summed E-state index contributed by atoms with van der Waals surface area (Å²) >= 11 is 0. The van der Waals surface area contributed by atoms with Gasteiger partial charge in [0.25, 0.3) is 0 Å². The monoisotopic (exact) mass is 414 g/mol. The van der Waals surface area contributed by atoms with Crippen LogP contribution in [-0.2, 0) is 0 Å². The normalized spacial score (nSPS) is 20.3. The Morgan fingerprint density at radius 1 is 0.393 bits per heavy atom. The van der Waals surface area contributed by atoms with Crippen LogP contribution in [0.4, 0.5) is 0 Å². The topological polar surface area (TPSA) is 0 Å². The van der Waals surface area contributed by atoms with E-state index in [1.807, 2.05) is 0 Å². The van der Waals surface area contributed by atoms with Crippen molar-refractivity contribution in [1.29, 1.82) is 0 Å². The van der Waals surface area contributed by atoms with E-state index in [0.29, 0.717) is 0 Å². The van der Waals surface area contributed by atoms with Gasteiger partial charge in [-0.1, -0.05) is 76.2 Å². The summed E-state index contributed by atoms with van der Waals surface area (Å²) in [6, 6.07) is 17.5. The Balaban J connectivity index is 0.00000140. The van der Waals surface area contributed by atoms with Crippen molar-refractivity contribution in [2.45, 2.75) is 27.7 Å². The van der Waals surface area contributed by atoms with Crippen LogP contribution in [0.15, 0.2) is 48.5 Å². The van der Waals surface area contributed by atoms with Crippen LogP contribution in [0.5, 0.6) is 0 Å². The summed E-state index contributed by atoms with van der Waals surface area (Å²) in [6.07, 6.45) is 9.20. The van der Waals surface area contributed by atoms with Crippen LogP contribution in [0.3, 0.4) is 0 Å². The maximum Gasteiger partial charge on any atom is 1.00 e. The first kappa shape index (κ1) is 26.0. The Labute approximate surface area is 257 Å². The summed E-state index contributed by atoms with van der Waals surface area (Å²) in [7, 11) is 0. The van der Waals surface area contributed by atoms with E-state index < -0.39 is 0 Å². The maximum atomic E-state index is 2.30. The average molecular weight is 415 g/mol. The van der Waals surface area contributed by atoms with Crippen LogP contribution in [0.1, 0.15) is 38.8 Å². The van der Waals surface area contributed by atoms with E-state index in [9.17, 15) is 0 Å². The van der Waals surface area contributed by atoms with Crippen molar-refractivity contribution in [2.24, 2.45) is 0 Å². The molecule has 2 aliphatic rings. The Morgan fingerprint density at radius 3 is 0.929 bits per heavy atom. The number of benzene rings is 2. The van der Waals surface area contributed by atoms with Crippen LogP contribution in [0, 0.1) is 61.2 Å². The van der Waals surface area contributed by atoms with Crippen LogP contribution in [0.2, 0.25) is 0 Å². The van der Waals surface area contributed by atoms with E-state index in [-0.39, 0.29) is 103 Å². The standard InChI is InChI=1S/C26H24.2K/c1-17-13-21(14-18(17)2)23-9-5-7-11-25(23)26-12-8-6-10-24(26)22-15-19(3)20(4)16-22;;/h5-16H,1-4H3;;/q;2*+1. The predicted molar refractivity (Wildman–Crippen MR) is 109 cm³/mol. The molecule has 0 amide bonds. The SMILES string of the molecule is C[C]1[CH][C](c2ccccc2-c2ccccc2[C]2[CH][C](C)[C](C)[CH]2)[CH][C]1C.[K+].[K+]. The molecule has 128 valence electrons. The molecule has 2 saturated carbocycles. The molecule has 0 saturated heterocycles. The summed E-state index contributed by atoms with van der Waals surface area (Å²) in [4.78, 5) is 0. The molecule has 0 bridgehead atoms. The molecule has 0 N–H and O–H groups in total. The average Bonchev–Trinajstić information content (AvgIpc) is 3.17. The zero-order valence-corrected chi connectivity index (χ0v) is 24.2. The first-order chi connectivity index (χ1) is 12.5. The van der Waals surface area contributed by atoms with E-state index in [2.05, 4.69) is 102 Å². The molecule has 2 heteroatoms. The minimum absolute atomic E-state index is 0. The summed E-state index contributed by atoms with van der Waals surface area (Å²) in [6.45, 7) is 8.74. The number of hydrogen-bond donors (Lipinski definition) is 0. The van der Waals surface area contributed by atoms with Gasteiger partial charge in [0.05, 0.1) is 0 Å². The largest absolute Gasteiger partial charge is 1.00 e. The van der Waals surface area contributed by atoms with Crippen molar-refractivity contribution in [3.63, 3.8) is 0 Å². The maximum absolute atomic E-state index is 2.30.